The highest BCUT2D eigenvalue weighted by Crippen LogP contribution is 2.45. The molecule has 11 nitrogen and oxygen atoms in total. The average molecular weight is 667 g/mol. The molecule has 0 unspecified atom stereocenters. The SMILES string of the molecule is CC(C)(C)C1(OC(N)=O)CCC(Nc2nccc(-c3cccnc3Oc3ccc(NS(=O)(=O)Cc4ccccc4)c(F)c3F)n2)CC1. The van der Waals surface area contributed by atoms with Crippen LogP contribution in [-0.2, 0) is 20.5 Å². The zero-order valence-corrected chi connectivity index (χ0v) is 27.0. The second-order valence-corrected chi connectivity index (χ2v) is 14.1. The number of primary amides is 1. The Bertz CT molecular complexity index is 1850. The summed E-state index contributed by atoms with van der Waals surface area (Å²) in [5.41, 5.74) is 5.13. The molecule has 1 amide bonds. The lowest BCUT2D eigenvalue weighted by Crippen LogP contribution is -2.51. The molecule has 1 aliphatic rings. The first-order valence-corrected chi connectivity index (χ1v) is 16.6. The van der Waals surface area contributed by atoms with Crippen LogP contribution in [0.4, 0.5) is 25.2 Å². The summed E-state index contributed by atoms with van der Waals surface area (Å²) in [5.74, 6) is -3.44. The number of amides is 1. The van der Waals surface area contributed by atoms with Crippen molar-refractivity contribution in [3.8, 4) is 22.9 Å². The average Bonchev–Trinajstić information content (AvgIpc) is 3.02. The number of hydrogen-bond donors (Lipinski definition) is 3. The Balaban J connectivity index is 1.30. The number of anilines is 2. The number of sulfonamides is 1. The molecule has 0 spiro atoms. The minimum atomic E-state index is -4.03. The number of rotatable bonds is 10. The number of hydrogen-bond acceptors (Lipinski definition) is 9. The molecule has 2 aromatic carbocycles. The number of nitrogens with two attached hydrogens (primary N) is 1. The van der Waals surface area contributed by atoms with Gasteiger partial charge in [-0.3, -0.25) is 4.72 Å². The van der Waals surface area contributed by atoms with Gasteiger partial charge in [0.1, 0.15) is 5.60 Å². The van der Waals surface area contributed by atoms with Gasteiger partial charge >= 0.3 is 6.09 Å². The number of nitrogens with one attached hydrogen (secondary N) is 2. The zero-order valence-electron chi connectivity index (χ0n) is 26.2. The molecule has 2 heterocycles. The first-order valence-electron chi connectivity index (χ1n) is 15.0. The van der Waals surface area contributed by atoms with Crippen molar-refractivity contribution in [3.63, 3.8) is 0 Å². The van der Waals surface area contributed by atoms with Crippen molar-refractivity contribution in [2.24, 2.45) is 11.1 Å². The van der Waals surface area contributed by atoms with Gasteiger partial charge in [-0.1, -0.05) is 51.1 Å². The molecule has 2 aromatic heterocycles. The van der Waals surface area contributed by atoms with Crippen LogP contribution in [0, 0.1) is 17.0 Å². The van der Waals surface area contributed by atoms with E-state index in [-0.39, 0.29) is 17.3 Å². The van der Waals surface area contributed by atoms with Crippen LogP contribution in [-0.4, -0.2) is 41.1 Å². The Hall–Kier alpha value is -4.85. The molecule has 0 saturated heterocycles. The van der Waals surface area contributed by atoms with Crippen molar-refractivity contribution in [1.29, 1.82) is 0 Å². The summed E-state index contributed by atoms with van der Waals surface area (Å²) in [5, 5.41) is 3.34. The summed E-state index contributed by atoms with van der Waals surface area (Å²) in [7, 11) is -4.03. The van der Waals surface area contributed by atoms with Crippen LogP contribution in [0.25, 0.3) is 11.3 Å². The number of ether oxygens (including phenoxy) is 2. The summed E-state index contributed by atoms with van der Waals surface area (Å²) in [6.45, 7) is 6.06. The Morgan fingerprint density at radius 1 is 0.979 bits per heavy atom. The van der Waals surface area contributed by atoms with Gasteiger partial charge < -0.3 is 20.5 Å². The summed E-state index contributed by atoms with van der Waals surface area (Å²) < 4.78 is 68.8. The molecule has 47 heavy (non-hydrogen) atoms. The van der Waals surface area contributed by atoms with Gasteiger partial charge in [0.15, 0.2) is 11.6 Å². The van der Waals surface area contributed by atoms with Gasteiger partial charge in [0.25, 0.3) is 0 Å². The van der Waals surface area contributed by atoms with Gasteiger partial charge in [0.2, 0.25) is 27.7 Å². The smallest absolute Gasteiger partial charge is 0.405 e. The Morgan fingerprint density at radius 2 is 1.70 bits per heavy atom. The first-order chi connectivity index (χ1) is 22.3. The topological polar surface area (TPSA) is 158 Å². The second kappa shape index (κ2) is 13.5. The normalized spacial score (nSPS) is 18.3. The number of benzene rings is 2. The highest BCUT2D eigenvalue weighted by Gasteiger charge is 2.47. The van der Waals surface area contributed by atoms with Gasteiger partial charge in [-0.2, -0.15) is 4.39 Å². The quantitative estimate of drug-likeness (QED) is 0.166. The number of nitrogens with zero attached hydrogens (tertiary/aromatic N) is 3. The molecule has 0 aliphatic heterocycles. The number of carbonyl (C=O) groups excluding carboxylic acids is 1. The van der Waals surface area contributed by atoms with Crippen LogP contribution in [0.5, 0.6) is 11.6 Å². The van der Waals surface area contributed by atoms with E-state index in [2.05, 4.69) is 25.0 Å². The van der Waals surface area contributed by atoms with Crippen molar-refractivity contribution < 1.29 is 31.5 Å². The molecule has 5 rings (SSSR count). The van der Waals surface area contributed by atoms with Gasteiger partial charge in [-0.05, 0) is 61.6 Å². The summed E-state index contributed by atoms with van der Waals surface area (Å²) in [4.78, 5) is 24.8. The first kappa shape index (κ1) is 33.5. The van der Waals surface area contributed by atoms with Crippen LogP contribution < -0.4 is 20.5 Å². The lowest BCUT2D eigenvalue weighted by molar-refractivity contribution is -0.0905. The largest absolute Gasteiger partial charge is 0.443 e. The van der Waals surface area contributed by atoms with Crippen LogP contribution in [0.15, 0.2) is 73.1 Å². The molecule has 1 saturated carbocycles. The summed E-state index contributed by atoms with van der Waals surface area (Å²) >= 11 is 0. The fourth-order valence-corrected chi connectivity index (χ4v) is 6.84. The fourth-order valence-electron chi connectivity index (χ4n) is 5.64. The van der Waals surface area contributed by atoms with Gasteiger partial charge in [-0.15, -0.1) is 0 Å². The van der Waals surface area contributed by atoms with E-state index in [1.807, 2.05) is 20.8 Å². The van der Waals surface area contributed by atoms with E-state index in [9.17, 15) is 13.2 Å². The van der Waals surface area contributed by atoms with Crippen molar-refractivity contribution in [3.05, 3.63) is 90.3 Å². The molecule has 4 aromatic rings. The summed E-state index contributed by atoms with van der Waals surface area (Å²) in [6.07, 6.45) is 4.76. The monoisotopic (exact) mass is 666 g/mol. The summed E-state index contributed by atoms with van der Waals surface area (Å²) in [6, 6.07) is 15.5. The van der Waals surface area contributed by atoms with E-state index in [4.69, 9.17) is 15.2 Å². The van der Waals surface area contributed by atoms with Gasteiger partial charge in [0, 0.05) is 23.9 Å². The Labute approximate surface area is 272 Å². The molecule has 0 radical (unpaired) electrons. The van der Waals surface area contributed by atoms with Crippen molar-refractivity contribution >= 4 is 27.8 Å². The lowest BCUT2D eigenvalue weighted by Gasteiger charge is -2.47. The van der Waals surface area contributed by atoms with Crippen LogP contribution in [0.1, 0.15) is 52.0 Å². The van der Waals surface area contributed by atoms with E-state index < -0.39 is 50.5 Å². The number of aromatic nitrogens is 3. The third-order valence-corrected chi connectivity index (χ3v) is 9.45. The lowest BCUT2D eigenvalue weighted by atomic mass is 9.67. The Morgan fingerprint density at radius 3 is 2.38 bits per heavy atom. The third-order valence-electron chi connectivity index (χ3n) is 8.21. The third kappa shape index (κ3) is 7.94. The van der Waals surface area contributed by atoms with E-state index >= 15 is 8.78 Å². The minimum Gasteiger partial charge on any atom is -0.443 e. The van der Waals surface area contributed by atoms with Crippen LogP contribution >= 0.6 is 0 Å². The predicted molar refractivity (Wildman–Crippen MR) is 173 cm³/mol. The van der Waals surface area contributed by atoms with Crippen LogP contribution in [0.2, 0.25) is 0 Å². The molecular formula is C33H36F2N6O5S. The van der Waals surface area contributed by atoms with E-state index in [1.165, 1.54) is 6.20 Å². The molecular weight excluding hydrogens is 630 g/mol. The highest BCUT2D eigenvalue weighted by molar-refractivity contribution is 7.91. The maximum atomic E-state index is 15.2. The van der Waals surface area contributed by atoms with Crippen molar-refractivity contribution in [2.45, 2.75) is 63.9 Å². The molecule has 4 N–H and O–H groups in total. The molecule has 1 aliphatic carbocycles. The van der Waals surface area contributed by atoms with Gasteiger partial charge in [-0.25, -0.2) is 32.6 Å². The molecule has 0 bridgehead atoms. The number of halogens is 2. The van der Waals surface area contributed by atoms with E-state index in [0.29, 0.717) is 48.5 Å². The number of pyridine rings is 1. The second-order valence-electron chi connectivity index (χ2n) is 12.4. The fraction of sp³-hybridized carbons (Fsp3) is 0.333. The van der Waals surface area contributed by atoms with Crippen molar-refractivity contribution in [2.75, 3.05) is 10.0 Å². The predicted octanol–water partition coefficient (Wildman–Crippen LogP) is 6.79. The number of carbonyl (C=O) groups is 1. The Kier molecular flexibility index (Phi) is 9.61. The maximum absolute atomic E-state index is 15.2. The highest BCUT2D eigenvalue weighted by atomic mass is 32.2. The van der Waals surface area contributed by atoms with Crippen LogP contribution in [0.3, 0.4) is 0 Å². The van der Waals surface area contributed by atoms with Gasteiger partial charge in [0.05, 0.1) is 22.7 Å². The maximum Gasteiger partial charge on any atom is 0.405 e. The standard InChI is InChI=1S/C33H36F2N6O5S/c1-32(2,3)33(46-30(36)42)16-13-22(14-17-33)39-31-38-19-15-24(40-31)23-10-7-18-37-29(23)45-26-12-11-25(27(34)28(26)35)41-47(43,44)20-21-8-5-4-6-9-21/h4-12,15,18-19,22,41H,13-14,16-17,20H2,1-3H3,(H2,36,42)(H,38,39,40). The molecule has 1 fully saturated rings. The van der Waals surface area contributed by atoms with E-state index in [1.54, 1.807) is 54.7 Å². The zero-order chi connectivity index (χ0) is 33.8. The van der Waals surface area contributed by atoms with Crippen molar-refractivity contribution in [1.82, 2.24) is 15.0 Å². The molecule has 0 atom stereocenters. The molecule has 14 heteroatoms. The minimum absolute atomic E-state index is 0.00234. The van der Waals surface area contributed by atoms with E-state index in [0.717, 1.165) is 12.1 Å². The molecule has 248 valence electrons.